The minimum Gasteiger partial charge on any atom is -0.494 e. The van der Waals surface area contributed by atoms with Crippen LogP contribution in [0.3, 0.4) is 0 Å². The van der Waals surface area contributed by atoms with Crippen LogP contribution in [0.25, 0.3) is 11.1 Å². The lowest BCUT2D eigenvalue weighted by molar-refractivity contribution is 0.100. The highest BCUT2D eigenvalue weighted by Crippen LogP contribution is 2.43. The third-order valence-electron chi connectivity index (χ3n) is 4.86. The Hall–Kier alpha value is -3.11. The van der Waals surface area contributed by atoms with Gasteiger partial charge in [-0.05, 0) is 43.0 Å². The number of methoxy groups -OCH3 is 1. The third-order valence-corrected chi connectivity index (χ3v) is 5.15. The molecule has 0 atom stereocenters. The Balaban J connectivity index is 2.33. The van der Waals surface area contributed by atoms with E-state index in [2.05, 4.69) is 16.3 Å². The van der Waals surface area contributed by atoms with Crippen LogP contribution in [0.5, 0.6) is 5.75 Å². The van der Waals surface area contributed by atoms with Gasteiger partial charge in [0.05, 0.1) is 23.3 Å². The molecule has 2 aromatic rings. The highest BCUT2D eigenvalue weighted by molar-refractivity contribution is 6.33. The van der Waals surface area contributed by atoms with Gasteiger partial charge < -0.3 is 10.5 Å². The Morgan fingerprint density at radius 3 is 2.66 bits per heavy atom. The molecule has 2 N–H and O–H groups in total. The SMILES string of the molecule is C#Cc1c(Cl)cc(C(N)=O)c(-c2ccc(OC)c(F)c2C)c1N=NN1CCCC1. The summed E-state index contributed by atoms with van der Waals surface area (Å²) in [7, 11) is 1.38. The smallest absolute Gasteiger partial charge is 0.249 e. The minimum absolute atomic E-state index is 0.0806. The van der Waals surface area contributed by atoms with Crippen molar-refractivity contribution >= 4 is 23.2 Å². The molecule has 0 bridgehead atoms. The van der Waals surface area contributed by atoms with Crippen molar-refractivity contribution in [3.63, 3.8) is 0 Å². The van der Waals surface area contributed by atoms with Crippen LogP contribution in [-0.2, 0) is 0 Å². The van der Waals surface area contributed by atoms with Crippen LogP contribution in [0.1, 0.15) is 34.3 Å². The average Bonchev–Trinajstić information content (AvgIpc) is 3.22. The number of amides is 1. The summed E-state index contributed by atoms with van der Waals surface area (Å²) in [6, 6.07) is 4.47. The van der Waals surface area contributed by atoms with E-state index in [1.54, 1.807) is 18.0 Å². The molecule has 0 aromatic heterocycles. The topological polar surface area (TPSA) is 80.3 Å². The van der Waals surface area contributed by atoms with E-state index in [1.807, 2.05) is 0 Å². The molecule has 29 heavy (non-hydrogen) atoms. The van der Waals surface area contributed by atoms with E-state index in [0.29, 0.717) is 5.56 Å². The number of ether oxygens (including phenoxy) is 1. The molecule has 0 aliphatic carbocycles. The van der Waals surface area contributed by atoms with E-state index < -0.39 is 11.7 Å². The van der Waals surface area contributed by atoms with Gasteiger partial charge in [0.1, 0.15) is 5.69 Å². The molecule has 0 unspecified atom stereocenters. The number of halogens is 2. The van der Waals surface area contributed by atoms with Gasteiger partial charge >= 0.3 is 0 Å². The van der Waals surface area contributed by atoms with E-state index in [1.165, 1.54) is 19.2 Å². The zero-order valence-corrected chi connectivity index (χ0v) is 16.9. The molecule has 150 valence electrons. The number of carbonyl (C=O) groups is 1. The molecule has 1 aliphatic heterocycles. The Morgan fingerprint density at radius 2 is 2.07 bits per heavy atom. The van der Waals surface area contributed by atoms with Crippen LogP contribution in [-0.4, -0.2) is 31.1 Å². The number of benzene rings is 2. The van der Waals surface area contributed by atoms with Gasteiger partial charge in [-0.2, -0.15) is 0 Å². The van der Waals surface area contributed by atoms with Crippen LogP contribution >= 0.6 is 11.6 Å². The molecule has 1 amide bonds. The fourth-order valence-corrected chi connectivity index (χ4v) is 3.58. The summed E-state index contributed by atoms with van der Waals surface area (Å²) < 4.78 is 19.8. The number of carbonyl (C=O) groups excluding carboxylic acids is 1. The number of rotatable bonds is 5. The molecule has 1 aliphatic rings. The van der Waals surface area contributed by atoms with Gasteiger partial charge in [0, 0.05) is 18.7 Å². The molecule has 0 radical (unpaired) electrons. The Labute approximate surface area is 173 Å². The zero-order chi connectivity index (χ0) is 21.1. The van der Waals surface area contributed by atoms with Gasteiger partial charge in [0.15, 0.2) is 11.6 Å². The first-order valence-corrected chi connectivity index (χ1v) is 9.39. The van der Waals surface area contributed by atoms with Crippen molar-refractivity contribution in [2.45, 2.75) is 19.8 Å². The Kier molecular flexibility index (Phi) is 6.04. The van der Waals surface area contributed by atoms with Crippen molar-refractivity contribution in [3.05, 3.63) is 45.7 Å². The predicted octanol–water partition coefficient (Wildman–Crippen LogP) is 4.64. The van der Waals surface area contributed by atoms with Crippen LogP contribution in [0.2, 0.25) is 5.02 Å². The molecule has 1 fully saturated rings. The average molecular weight is 415 g/mol. The number of nitrogens with two attached hydrogens (primary N) is 1. The maximum atomic E-state index is 14.7. The van der Waals surface area contributed by atoms with E-state index >= 15 is 0 Å². The van der Waals surface area contributed by atoms with E-state index in [9.17, 15) is 9.18 Å². The quantitative estimate of drug-likeness (QED) is 0.571. The second kappa shape index (κ2) is 8.50. The summed E-state index contributed by atoms with van der Waals surface area (Å²) in [5.74, 6) is 1.29. The lowest BCUT2D eigenvalue weighted by Crippen LogP contribution is -2.14. The van der Waals surface area contributed by atoms with Gasteiger partial charge in [-0.1, -0.05) is 28.8 Å². The standard InChI is InChI=1S/C21H20ClFN4O2/c1-4-13-16(22)11-15(21(24)28)18(20(13)25-26-27-9-5-6-10-27)14-7-8-17(29-3)19(23)12(14)2/h1,7-8,11H,5-6,9-10H2,2-3H3,(H2,24,28). The molecule has 3 rings (SSSR count). The molecule has 0 saturated carbocycles. The largest absolute Gasteiger partial charge is 0.494 e. The maximum absolute atomic E-state index is 14.7. The third kappa shape index (κ3) is 3.89. The van der Waals surface area contributed by atoms with Gasteiger partial charge in [0.2, 0.25) is 5.91 Å². The van der Waals surface area contributed by atoms with Crippen LogP contribution in [0, 0.1) is 25.1 Å². The number of nitrogens with zero attached hydrogens (tertiary/aromatic N) is 3. The summed E-state index contributed by atoms with van der Waals surface area (Å²) in [6.07, 6.45) is 7.69. The molecule has 0 spiro atoms. The molecular weight excluding hydrogens is 395 g/mol. The number of terminal acetylenes is 1. The highest BCUT2D eigenvalue weighted by Gasteiger charge is 2.24. The normalized spacial score (nSPS) is 13.7. The maximum Gasteiger partial charge on any atom is 0.249 e. The van der Waals surface area contributed by atoms with E-state index in [-0.39, 0.29) is 38.7 Å². The summed E-state index contributed by atoms with van der Waals surface area (Å²) in [6.45, 7) is 3.11. The molecule has 8 heteroatoms. The first kappa shape index (κ1) is 20.6. The lowest BCUT2D eigenvalue weighted by atomic mass is 9.91. The van der Waals surface area contributed by atoms with Crippen molar-refractivity contribution in [1.82, 2.24) is 5.01 Å². The number of primary amides is 1. The summed E-state index contributed by atoms with van der Waals surface area (Å²) in [5, 5.41) is 10.5. The Morgan fingerprint density at radius 1 is 1.38 bits per heavy atom. The van der Waals surface area contributed by atoms with Crippen LogP contribution in [0.15, 0.2) is 28.5 Å². The zero-order valence-electron chi connectivity index (χ0n) is 16.1. The second-order valence-electron chi connectivity index (χ2n) is 6.62. The fraction of sp³-hybridized carbons (Fsp3) is 0.286. The van der Waals surface area contributed by atoms with Crippen molar-refractivity contribution in [2.24, 2.45) is 16.1 Å². The summed E-state index contributed by atoms with van der Waals surface area (Å²) in [5.41, 5.74) is 7.08. The lowest BCUT2D eigenvalue weighted by Gasteiger charge is -2.17. The van der Waals surface area contributed by atoms with Gasteiger partial charge in [-0.3, -0.25) is 9.80 Å². The fourth-order valence-electron chi connectivity index (χ4n) is 3.33. The van der Waals surface area contributed by atoms with Crippen molar-refractivity contribution in [3.8, 4) is 29.2 Å². The molecule has 1 heterocycles. The predicted molar refractivity (Wildman–Crippen MR) is 110 cm³/mol. The van der Waals surface area contributed by atoms with Crippen molar-refractivity contribution < 1.29 is 13.9 Å². The molecule has 2 aromatic carbocycles. The van der Waals surface area contributed by atoms with Crippen molar-refractivity contribution in [1.29, 1.82) is 0 Å². The molecular formula is C21H20ClFN4O2. The first-order chi connectivity index (χ1) is 13.9. The molecule has 1 saturated heterocycles. The summed E-state index contributed by atoms with van der Waals surface area (Å²) in [4.78, 5) is 12.2. The number of hydrogen-bond donors (Lipinski definition) is 1. The van der Waals surface area contributed by atoms with Crippen LogP contribution < -0.4 is 10.5 Å². The monoisotopic (exact) mass is 414 g/mol. The van der Waals surface area contributed by atoms with E-state index in [4.69, 9.17) is 28.5 Å². The van der Waals surface area contributed by atoms with Gasteiger partial charge in [-0.15, -0.1) is 11.5 Å². The summed E-state index contributed by atoms with van der Waals surface area (Å²) >= 11 is 6.29. The van der Waals surface area contributed by atoms with Gasteiger partial charge in [-0.25, -0.2) is 4.39 Å². The number of hydrogen-bond acceptors (Lipinski definition) is 4. The van der Waals surface area contributed by atoms with Gasteiger partial charge in [0.25, 0.3) is 0 Å². The van der Waals surface area contributed by atoms with E-state index in [0.717, 1.165) is 25.9 Å². The van der Waals surface area contributed by atoms with Crippen molar-refractivity contribution in [2.75, 3.05) is 20.2 Å². The van der Waals surface area contributed by atoms with Crippen LogP contribution in [0.4, 0.5) is 10.1 Å². The first-order valence-electron chi connectivity index (χ1n) is 9.02. The minimum atomic E-state index is -0.737. The second-order valence-corrected chi connectivity index (χ2v) is 7.02. The highest BCUT2D eigenvalue weighted by atomic mass is 35.5. The molecule has 6 nitrogen and oxygen atoms in total. The Bertz CT molecular complexity index is 1040.